The fourth-order valence-corrected chi connectivity index (χ4v) is 2.74. The minimum atomic E-state index is -0.129. The van der Waals surface area contributed by atoms with Gasteiger partial charge in [-0.2, -0.15) is 0 Å². The van der Waals surface area contributed by atoms with Crippen molar-refractivity contribution in [1.29, 1.82) is 0 Å². The molecule has 0 bridgehead atoms. The van der Waals surface area contributed by atoms with Gasteiger partial charge in [0.2, 0.25) is 0 Å². The molecule has 0 saturated carbocycles. The van der Waals surface area contributed by atoms with Crippen molar-refractivity contribution in [2.24, 2.45) is 0 Å². The molecule has 19 heavy (non-hydrogen) atoms. The monoisotopic (exact) mass is 262 g/mol. The van der Waals surface area contributed by atoms with Crippen LogP contribution in [0.2, 0.25) is 0 Å². The molecule has 5 heteroatoms. The highest BCUT2D eigenvalue weighted by atomic mass is 16.5. The highest BCUT2D eigenvalue weighted by Gasteiger charge is 2.28. The van der Waals surface area contributed by atoms with Gasteiger partial charge in [-0.05, 0) is 36.1 Å². The second-order valence-electron chi connectivity index (χ2n) is 5.08. The lowest BCUT2D eigenvalue weighted by Gasteiger charge is -2.23. The quantitative estimate of drug-likeness (QED) is 0.853. The number of carbonyl (C=O) groups is 1. The number of amides is 2. The molecule has 5 nitrogen and oxygen atoms in total. The predicted octanol–water partition coefficient (Wildman–Crippen LogP) is 1.71. The lowest BCUT2D eigenvalue weighted by Crippen LogP contribution is -2.40. The largest absolute Gasteiger partial charge is 0.394 e. The minimum absolute atomic E-state index is 0.0332. The van der Waals surface area contributed by atoms with Gasteiger partial charge in [-0.15, -0.1) is 0 Å². The van der Waals surface area contributed by atoms with Crippen LogP contribution in [0.5, 0.6) is 0 Å². The van der Waals surface area contributed by atoms with Gasteiger partial charge in [0.15, 0.2) is 0 Å². The molecule has 2 N–H and O–H groups in total. The van der Waals surface area contributed by atoms with Gasteiger partial charge in [-0.25, -0.2) is 4.79 Å². The maximum absolute atomic E-state index is 12.2. The summed E-state index contributed by atoms with van der Waals surface area (Å²) < 4.78 is 5.35. The molecule has 0 unspecified atom stereocenters. The molecule has 1 fully saturated rings. The van der Waals surface area contributed by atoms with Crippen molar-refractivity contribution >= 4 is 11.7 Å². The maximum atomic E-state index is 12.2. The van der Waals surface area contributed by atoms with E-state index in [1.165, 1.54) is 5.56 Å². The van der Waals surface area contributed by atoms with Gasteiger partial charge in [0.05, 0.1) is 25.9 Å². The summed E-state index contributed by atoms with van der Waals surface area (Å²) in [7, 11) is 0. The Morgan fingerprint density at radius 1 is 1.42 bits per heavy atom. The highest BCUT2D eigenvalue weighted by molar-refractivity contribution is 5.89. The molecule has 0 aliphatic carbocycles. The Hall–Kier alpha value is -1.59. The van der Waals surface area contributed by atoms with Crippen LogP contribution in [-0.4, -0.2) is 35.2 Å². The summed E-state index contributed by atoms with van der Waals surface area (Å²) in [5.74, 6) is 0. The van der Waals surface area contributed by atoms with E-state index in [2.05, 4.69) is 5.32 Å². The van der Waals surface area contributed by atoms with E-state index in [-0.39, 0.29) is 18.7 Å². The van der Waals surface area contributed by atoms with Crippen LogP contribution in [0.1, 0.15) is 24.0 Å². The molecule has 0 spiro atoms. The van der Waals surface area contributed by atoms with Crippen LogP contribution in [0, 0.1) is 0 Å². The summed E-state index contributed by atoms with van der Waals surface area (Å²) in [6.45, 7) is 2.01. The highest BCUT2D eigenvalue weighted by Crippen LogP contribution is 2.24. The number of ether oxygens (including phenoxy) is 1. The van der Waals surface area contributed by atoms with Crippen molar-refractivity contribution < 1.29 is 14.6 Å². The first-order valence-corrected chi connectivity index (χ1v) is 6.66. The van der Waals surface area contributed by atoms with Gasteiger partial charge in [-0.3, -0.25) is 0 Å². The van der Waals surface area contributed by atoms with E-state index in [1.807, 2.05) is 18.2 Å². The van der Waals surface area contributed by atoms with Crippen LogP contribution < -0.4 is 5.32 Å². The van der Waals surface area contributed by atoms with Gasteiger partial charge >= 0.3 is 6.03 Å². The molecule has 0 aromatic heterocycles. The summed E-state index contributed by atoms with van der Waals surface area (Å²) in [6.07, 6.45) is 1.83. The van der Waals surface area contributed by atoms with E-state index in [0.717, 1.165) is 24.1 Å². The Kier molecular flexibility index (Phi) is 3.40. The SMILES string of the molecule is O=C(Nc1ccc2c(c1)COC2)N1CCC[C@@H]1CO. The zero-order chi connectivity index (χ0) is 13.2. The zero-order valence-electron chi connectivity index (χ0n) is 10.8. The number of anilines is 1. The molecule has 2 aliphatic heterocycles. The number of nitrogens with zero attached hydrogens (tertiary/aromatic N) is 1. The van der Waals surface area contributed by atoms with Crippen molar-refractivity contribution in [3.63, 3.8) is 0 Å². The van der Waals surface area contributed by atoms with E-state index in [9.17, 15) is 9.90 Å². The van der Waals surface area contributed by atoms with Crippen molar-refractivity contribution in [1.82, 2.24) is 4.90 Å². The smallest absolute Gasteiger partial charge is 0.322 e. The molecule has 1 atom stereocenters. The molecule has 2 amide bonds. The Morgan fingerprint density at radius 3 is 3.11 bits per heavy atom. The van der Waals surface area contributed by atoms with Crippen LogP contribution in [0.4, 0.5) is 10.5 Å². The number of hydrogen-bond acceptors (Lipinski definition) is 3. The van der Waals surface area contributed by atoms with Crippen LogP contribution in [0.3, 0.4) is 0 Å². The fourth-order valence-electron chi connectivity index (χ4n) is 2.74. The first-order valence-electron chi connectivity index (χ1n) is 6.66. The third kappa shape index (κ3) is 2.43. The van der Waals surface area contributed by atoms with Gasteiger partial charge < -0.3 is 20.1 Å². The van der Waals surface area contributed by atoms with Crippen LogP contribution >= 0.6 is 0 Å². The predicted molar refractivity (Wildman–Crippen MR) is 70.8 cm³/mol. The summed E-state index contributed by atoms with van der Waals surface area (Å²) in [4.78, 5) is 13.9. The standard InChI is InChI=1S/C14H18N2O3/c17-7-13-2-1-5-16(13)14(18)15-12-4-3-10-8-19-9-11(10)6-12/h3-4,6,13,17H,1-2,5,7-9H2,(H,15,18)/t13-/m1/s1. The molecule has 2 heterocycles. The van der Waals surface area contributed by atoms with Gasteiger partial charge in [0, 0.05) is 12.2 Å². The topological polar surface area (TPSA) is 61.8 Å². The Morgan fingerprint density at radius 2 is 2.26 bits per heavy atom. The van der Waals surface area contributed by atoms with E-state index in [4.69, 9.17) is 4.74 Å². The number of nitrogens with one attached hydrogen (secondary N) is 1. The van der Waals surface area contributed by atoms with Crippen LogP contribution in [0.25, 0.3) is 0 Å². The lowest BCUT2D eigenvalue weighted by atomic mass is 10.1. The summed E-state index contributed by atoms with van der Waals surface area (Å²) in [5, 5.41) is 12.1. The number of fused-ring (bicyclic) bond motifs is 1. The van der Waals surface area contributed by atoms with Crippen LogP contribution in [0.15, 0.2) is 18.2 Å². The first-order chi connectivity index (χ1) is 9.28. The van der Waals surface area contributed by atoms with Crippen molar-refractivity contribution in [2.45, 2.75) is 32.1 Å². The summed E-state index contributed by atoms with van der Waals surface area (Å²) in [5.41, 5.74) is 3.11. The van der Waals surface area contributed by atoms with Gasteiger partial charge in [0.25, 0.3) is 0 Å². The van der Waals surface area contributed by atoms with E-state index < -0.39 is 0 Å². The third-order valence-corrected chi connectivity index (χ3v) is 3.82. The molecule has 2 aliphatic rings. The lowest BCUT2D eigenvalue weighted by molar-refractivity contribution is 0.134. The number of rotatable bonds is 2. The number of benzene rings is 1. The van der Waals surface area contributed by atoms with Gasteiger partial charge in [0.1, 0.15) is 0 Å². The average Bonchev–Trinajstić information content (AvgIpc) is 3.06. The molecule has 1 saturated heterocycles. The molecule has 3 rings (SSSR count). The van der Waals surface area contributed by atoms with E-state index in [0.29, 0.717) is 19.8 Å². The summed E-state index contributed by atoms with van der Waals surface area (Å²) >= 11 is 0. The second kappa shape index (κ2) is 5.19. The van der Waals surface area contributed by atoms with Crippen molar-refractivity contribution in [2.75, 3.05) is 18.5 Å². The number of aliphatic hydroxyl groups is 1. The van der Waals surface area contributed by atoms with Crippen molar-refractivity contribution in [3.05, 3.63) is 29.3 Å². The Balaban J connectivity index is 1.69. The minimum Gasteiger partial charge on any atom is -0.394 e. The average molecular weight is 262 g/mol. The Bertz CT molecular complexity index is 490. The fraction of sp³-hybridized carbons (Fsp3) is 0.500. The van der Waals surface area contributed by atoms with Gasteiger partial charge in [-0.1, -0.05) is 6.07 Å². The van der Waals surface area contributed by atoms with Crippen molar-refractivity contribution in [3.8, 4) is 0 Å². The number of aliphatic hydroxyl groups excluding tert-OH is 1. The third-order valence-electron chi connectivity index (χ3n) is 3.82. The molecule has 102 valence electrons. The maximum Gasteiger partial charge on any atom is 0.322 e. The first kappa shape index (κ1) is 12.4. The molecular weight excluding hydrogens is 244 g/mol. The number of likely N-dealkylation sites (tertiary alicyclic amines) is 1. The molecular formula is C14H18N2O3. The molecule has 1 aromatic carbocycles. The number of urea groups is 1. The normalized spacial score (nSPS) is 21.5. The number of hydrogen-bond donors (Lipinski definition) is 2. The van der Waals surface area contributed by atoms with Crippen LogP contribution in [-0.2, 0) is 18.0 Å². The molecule has 1 aromatic rings. The Labute approximate surface area is 112 Å². The summed E-state index contributed by atoms with van der Waals surface area (Å²) in [6, 6.07) is 5.68. The molecule has 0 radical (unpaired) electrons. The second-order valence-corrected chi connectivity index (χ2v) is 5.08. The van der Waals surface area contributed by atoms with E-state index >= 15 is 0 Å². The number of carbonyl (C=O) groups excluding carboxylic acids is 1. The van der Waals surface area contributed by atoms with E-state index in [1.54, 1.807) is 4.90 Å². The zero-order valence-corrected chi connectivity index (χ0v) is 10.8.